The predicted octanol–water partition coefficient (Wildman–Crippen LogP) is 3.39. The molecule has 0 saturated heterocycles. The molecule has 0 unspecified atom stereocenters. The van der Waals surface area contributed by atoms with E-state index in [2.05, 4.69) is 4.98 Å². The smallest absolute Gasteiger partial charge is 0.131 e. The first-order chi connectivity index (χ1) is 8.56. The number of thiazole rings is 1. The van der Waals surface area contributed by atoms with Gasteiger partial charge >= 0.3 is 0 Å². The van der Waals surface area contributed by atoms with Gasteiger partial charge in [0.15, 0.2) is 0 Å². The molecular weight excluding hydrogens is 246 g/mol. The molecule has 1 aromatic heterocycles. The minimum absolute atomic E-state index is 0.438. The van der Waals surface area contributed by atoms with Gasteiger partial charge in [0.2, 0.25) is 0 Å². The molecule has 4 heteroatoms. The second-order valence-electron chi connectivity index (χ2n) is 4.36. The zero-order valence-electron chi connectivity index (χ0n) is 10.8. The zero-order valence-corrected chi connectivity index (χ0v) is 11.6. The molecule has 96 valence electrons. The van der Waals surface area contributed by atoms with Crippen LogP contribution in [0.3, 0.4) is 0 Å². The molecule has 0 bridgehead atoms. The molecule has 1 N–H and O–H groups in total. The summed E-state index contributed by atoms with van der Waals surface area (Å²) in [4.78, 5) is 4.35. The zero-order chi connectivity index (χ0) is 13.1. The third-order valence-corrected chi connectivity index (χ3v) is 3.48. The SMILES string of the molecule is Cc1ccc(OCc2csc(C)n2)c([C@H](C)O)c1. The quantitative estimate of drug-likeness (QED) is 0.919. The van der Waals surface area contributed by atoms with Gasteiger partial charge in [0, 0.05) is 10.9 Å². The van der Waals surface area contributed by atoms with Crippen molar-refractivity contribution in [3.05, 3.63) is 45.4 Å². The average molecular weight is 263 g/mol. The molecule has 2 rings (SSSR count). The van der Waals surface area contributed by atoms with Crippen LogP contribution in [-0.4, -0.2) is 10.1 Å². The van der Waals surface area contributed by atoms with Gasteiger partial charge < -0.3 is 9.84 Å². The maximum Gasteiger partial charge on any atom is 0.131 e. The lowest BCUT2D eigenvalue weighted by atomic mass is 10.1. The molecule has 0 aliphatic rings. The number of aromatic nitrogens is 1. The Kier molecular flexibility index (Phi) is 3.99. The Morgan fingerprint density at radius 1 is 1.39 bits per heavy atom. The van der Waals surface area contributed by atoms with Crippen LogP contribution in [0.1, 0.15) is 34.9 Å². The van der Waals surface area contributed by atoms with Gasteiger partial charge in [-0.3, -0.25) is 0 Å². The molecule has 0 radical (unpaired) electrons. The number of aliphatic hydroxyl groups is 1. The second-order valence-corrected chi connectivity index (χ2v) is 5.43. The van der Waals surface area contributed by atoms with Crippen molar-refractivity contribution in [1.29, 1.82) is 0 Å². The molecule has 3 nitrogen and oxygen atoms in total. The maximum absolute atomic E-state index is 9.74. The minimum Gasteiger partial charge on any atom is -0.487 e. The molecule has 0 fully saturated rings. The van der Waals surface area contributed by atoms with E-state index in [4.69, 9.17) is 4.74 Å². The summed E-state index contributed by atoms with van der Waals surface area (Å²) in [7, 11) is 0. The summed E-state index contributed by atoms with van der Waals surface area (Å²) in [6, 6.07) is 5.83. The Hall–Kier alpha value is -1.39. The third kappa shape index (κ3) is 3.09. The standard InChI is InChI=1S/C14H17NO2S/c1-9-4-5-14(13(6-9)10(2)16)17-7-12-8-18-11(3)15-12/h4-6,8,10,16H,7H2,1-3H3/t10-/m0/s1. The highest BCUT2D eigenvalue weighted by molar-refractivity contribution is 7.09. The lowest BCUT2D eigenvalue weighted by Crippen LogP contribution is -2.01. The molecule has 0 spiro atoms. The van der Waals surface area contributed by atoms with Crippen molar-refractivity contribution in [2.75, 3.05) is 0 Å². The summed E-state index contributed by atoms with van der Waals surface area (Å²) >= 11 is 1.61. The number of rotatable bonds is 4. The van der Waals surface area contributed by atoms with E-state index in [1.165, 1.54) is 0 Å². The molecule has 0 amide bonds. The van der Waals surface area contributed by atoms with Crippen LogP contribution in [0.25, 0.3) is 0 Å². The number of hydrogen-bond acceptors (Lipinski definition) is 4. The predicted molar refractivity (Wildman–Crippen MR) is 73.0 cm³/mol. The lowest BCUT2D eigenvalue weighted by Gasteiger charge is -2.13. The summed E-state index contributed by atoms with van der Waals surface area (Å²) in [5, 5.41) is 12.8. The van der Waals surface area contributed by atoms with Gasteiger partial charge in [-0.05, 0) is 32.9 Å². The van der Waals surface area contributed by atoms with Crippen molar-refractivity contribution in [3.8, 4) is 5.75 Å². The minimum atomic E-state index is -0.530. The van der Waals surface area contributed by atoms with Crippen molar-refractivity contribution in [2.24, 2.45) is 0 Å². The molecular formula is C14H17NO2S. The lowest BCUT2D eigenvalue weighted by molar-refractivity contribution is 0.189. The van der Waals surface area contributed by atoms with E-state index in [0.717, 1.165) is 27.6 Å². The number of aryl methyl sites for hydroxylation is 2. The summed E-state index contributed by atoms with van der Waals surface area (Å²) in [5.74, 6) is 0.723. The highest BCUT2D eigenvalue weighted by Gasteiger charge is 2.10. The van der Waals surface area contributed by atoms with Gasteiger partial charge in [-0.25, -0.2) is 4.98 Å². The number of ether oxygens (including phenoxy) is 1. The fraction of sp³-hybridized carbons (Fsp3) is 0.357. The van der Waals surface area contributed by atoms with E-state index in [1.54, 1.807) is 18.3 Å². The van der Waals surface area contributed by atoms with Crippen molar-refractivity contribution in [2.45, 2.75) is 33.5 Å². The van der Waals surface area contributed by atoms with E-state index < -0.39 is 6.10 Å². The Bertz CT molecular complexity index is 534. The summed E-state index contributed by atoms with van der Waals surface area (Å²) in [6.07, 6.45) is -0.530. The Morgan fingerprint density at radius 2 is 2.17 bits per heavy atom. The number of hydrogen-bond donors (Lipinski definition) is 1. The molecule has 1 aromatic carbocycles. The van der Waals surface area contributed by atoms with Gasteiger partial charge in [0.1, 0.15) is 12.4 Å². The Morgan fingerprint density at radius 3 is 2.78 bits per heavy atom. The van der Waals surface area contributed by atoms with Gasteiger partial charge in [-0.15, -0.1) is 11.3 Å². The molecule has 1 heterocycles. The topological polar surface area (TPSA) is 42.4 Å². The third-order valence-electron chi connectivity index (χ3n) is 2.66. The molecule has 0 aliphatic heterocycles. The fourth-order valence-corrected chi connectivity index (χ4v) is 2.35. The Balaban J connectivity index is 2.13. The van der Waals surface area contributed by atoms with Crippen LogP contribution in [-0.2, 0) is 6.61 Å². The highest BCUT2D eigenvalue weighted by atomic mass is 32.1. The first-order valence-electron chi connectivity index (χ1n) is 5.88. The average Bonchev–Trinajstić information content (AvgIpc) is 2.73. The van der Waals surface area contributed by atoms with Crippen molar-refractivity contribution in [3.63, 3.8) is 0 Å². The van der Waals surface area contributed by atoms with E-state index >= 15 is 0 Å². The normalized spacial score (nSPS) is 12.4. The number of nitrogens with zero attached hydrogens (tertiary/aromatic N) is 1. The van der Waals surface area contributed by atoms with Gasteiger partial charge in [-0.2, -0.15) is 0 Å². The van der Waals surface area contributed by atoms with E-state index in [9.17, 15) is 5.11 Å². The van der Waals surface area contributed by atoms with Gasteiger partial charge in [0.05, 0.1) is 16.8 Å². The molecule has 2 aromatic rings. The van der Waals surface area contributed by atoms with Crippen molar-refractivity contribution in [1.82, 2.24) is 4.98 Å². The van der Waals surface area contributed by atoms with Crippen LogP contribution in [0.4, 0.5) is 0 Å². The van der Waals surface area contributed by atoms with Crippen LogP contribution in [0, 0.1) is 13.8 Å². The van der Waals surface area contributed by atoms with E-state index in [-0.39, 0.29) is 0 Å². The van der Waals surface area contributed by atoms with Crippen LogP contribution in [0.2, 0.25) is 0 Å². The summed E-state index contributed by atoms with van der Waals surface area (Å²) < 4.78 is 5.74. The van der Waals surface area contributed by atoms with Crippen molar-refractivity contribution >= 4 is 11.3 Å². The number of benzene rings is 1. The first-order valence-corrected chi connectivity index (χ1v) is 6.76. The first kappa shape index (κ1) is 13.1. The van der Waals surface area contributed by atoms with E-state index in [0.29, 0.717) is 6.61 Å². The van der Waals surface area contributed by atoms with Crippen LogP contribution >= 0.6 is 11.3 Å². The highest BCUT2D eigenvalue weighted by Crippen LogP contribution is 2.27. The largest absolute Gasteiger partial charge is 0.487 e. The van der Waals surface area contributed by atoms with Crippen LogP contribution < -0.4 is 4.74 Å². The van der Waals surface area contributed by atoms with Gasteiger partial charge in [0.25, 0.3) is 0 Å². The second kappa shape index (κ2) is 5.50. The van der Waals surface area contributed by atoms with E-state index in [1.807, 2.05) is 37.4 Å². The molecule has 0 aliphatic carbocycles. The van der Waals surface area contributed by atoms with Gasteiger partial charge in [-0.1, -0.05) is 11.6 Å². The monoisotopic (exact) mass is 263 g/mol. The molecule has 1 atom stereocenters. The van der Waals surface area contributed by atoms with Crippen LogP contribution in [0.5, 0.6) is 5.75 Å². The summed E-state index contributed by atoms with van der Waals surface area (Å²) in [5.41, 5.74) is 2.86. The fourth-order valence-electron chi connectivity index (χ4n) is 1.75. The maximum atomic E-state index is 9.74. The molecule has 0 saturated carbocycles. The Labute approximate surface area is 111 Å². The summed E-state index contributed by atoms with van der Waals surface area (Å²) in [6.45, 7) is 6.16. The van der Waals surface area contributed by atoms with Crippen molar-refractivity contribution < 1.29 is 9.84 Å². The van der Waals surface area contributed by atoms with Crippen LogP contribution in [0.15, 0.2) is 23.6 Å². The number of aliphatic hydroxyl groups excluding tert-OH is 1. The molecule has 18 heavy (non-hydrogen) atoms.